The molecule has 0 aliphatic heterocycles. The number of rotatable bonds is 7. The van der Waals surface area contributed by atoms with Crippen molar-refractivity contribution < 1.29 is 9.53 Å². The highest BCUT2D eigenvalue weighted by molar-refractivity contribution is 8.00. The first-order valence-electron chi connectivity index (χ1n) is 8.68. The van der Waals surface area contributed by atoms with Gasteiger partial charge in [-0.25, -0.2) is 4.98 Å². The van der Waals surface area contributed by atoms with Crippen LogP contribution in [-0.2, 0) is 4.79 Å². The van der Waals surface area contributed by atoms with Gasteiger partial charge in [0.25, 0.3) is 5.56 Å². The highest BCUT2D eigenvalue weighted by Crippen LogP contribution is 2.35. The molecule has 1 amide bonds. The SMILES string of the molecule is CCOc1ccccc1NC(=O)[C@@H](Sc1nc(N)cc(=O)[nH]1)c1ccccc1. The van der Waals surface area contributed by atoms with Crippen molar-refractivity contribution in [2.75, 3.05) is 17.7 Å². The zero-order chi connectivity index (χ0) is 19.9. The van der Waals surface area contributed by atoms with Gasteiger partial charge in [-0.1, -0.05) is 54.2 Å². The van der Waals surface area contributed by atoms with Gasteiger partial charge in [0.15, 0.2) is 5.16 Å². The Labute approximate surface area is 166 Å². The lowest BCUT2D eigenvalue weighted by atomic mass is 10.1. The minimum absolute atomic E-state index is 0.0974. The van der Waals surface area contributed by atoms with E-state index in [1.165, 1.54) is 6.07 Å². The molecule has 0 unspecified atom stereocenters. The fraction of sp³-hybridized carbons (Fsp3) is 0.150. The number of ether oxygens (including phenoxy) is 1. The monoisotopic (exact) mass is 396 g/mol. The molecule has 4 N–H and O–H groups in total. The van der Waals surface area contributed by atoms with Crippen molar-refractivity contribution >= 4 is 29.2 Å². The molecule has 7 nitrogen and oxygen atoms in total. The Morgan fingerprint density at radius 1 is 1.21 bits per heavy atom. The number of benzene rings is 2. The summed E-state index contributed by atoms with van der Waals surface area (Å²) in [5.41, 5.74) is 6.64. The third-order valence-electron chi connectivity index (χ3n) is 3.75. The molecule has 1 aromatic heterocycles. The highest BCUT2D eigenvalue weighted by atomic mass is 32.2. The second kappa shape index (κ2) is 9.09. The van der Waals surface area contributed by atoms with Crippen LogP contribution in [0.4, 0.5) is 11.5 Å². The molecule has 3 aromatic rings. The van der Waals surface area contributed by atoms with Crippen molar-refractivity contribution in [2.45, 2.75) is 17.3 Å². The second-order valence-electron chi connectivity index (χ2n) is 5.80. The van der Waals surface area contributed by atoms with Crippen molar-refractivity contribution in [1.82, 2.24) is 9.97 Å². The summed E-state index contributed by atoms with van der Waals surface area (Å²) in [5, 5.41) is 2.53. The number of nitrogens with one attached hydrogen (secondary N) is 2. The first-order chi connectivity index (χ1) is 13.6. The topological polar surface area (TPSA) is 110 Å². The van der Waals surface area contributed by atoms with Gasteiger partial charge in [-0.3, -0.25) is 9.59 Å². The molecule has 1 heterocycles. The number of aromatic amines is 1. The van der Waals surface area contributed by atoms with Gasteiger partial charge in [0.2, 0.25) is 5.91 Å². The van der Waals surface area contributed by atoms with Crippen molar-refractivity contribution in [1.29, 1.82) is 0 Å². The molecule has 28 heavy (non-hydrogen) atoms. The van der Waals surface area contributed by atoms with Crippen LogP contribution in [0.1, 0.15) is 17.7 Å². The number of carbonyl (C=O) groups is 1. The molecule has 144 valence electrons. The van der Waals surface area contributed by atoms with E-state index in [2.05, 4.69) is 15.3 Å². The lowest BCUT2D eigenvalue weighted by molar-refractivity contribution is -0.115. The van der Waals surface area contributed by atoms with Crippen molar-refractivity contribution in [3.8, 4) is 5.75 Å². The van der Waals surface area contributed by atoms with Gasteiger partial charge in [-0.05, 0) is 24.6 Å². The van der Waals surface area contributed by atoms with Crippen LogP contribution >= 0.6 is 11.8 Å². The number of nitrogens with two attached hydrogens (primary N) is 1. The molecular formula is C20H20N4O3S. The van der Waals surface area contributed by atoms with Gasteiger partial charge in [0.05, 0.1) is 12.3 Å². The Kier molecular flexibility index (Phi) is 6.33. The van der Waals surface area contributed by atoms with E-state index in [1.807, 2.05) is 49.4 Å². The molecule has 8 heteroatoms. The normalized spacial score (nSPS) is 11.6. The molecule has 0 bridgehead atoms. The van der Waals surface area contributed by atoms with Crippen molar-refractivity contribution in [3.63, 3.8) is 0 Å². The van der Waals surface area contributed by atoms with Gasteiger partial charge >= 0.3 is 0 Å². The maximum absolute atomic E-state index is 13.1. The van der Waals surface area contributed by atoms with Crippen LogP contribution in [0.15, 0.2) is 70.6 Å². The lowest BCUT2D eigenvalue weighted by Crippen LogP contribution is -2.20. The summed E-state index contributed by atoms with van der Waals surface area (Å²) in [4.78, 5) is 31.5. The Morgan fingerprint density at radius 2 is 1.93 bits per heavy atom. The molecule has 0 spiro atoms. The number of amides is 1. The Morgan fingerprint density at radius 3 is 2.64 bits per heavy atom. The summed E-state index contributed by atoms with van der Waals surface area (Å²) in [6, 6.07) is 17.7. The Bertz CT molecular complexity index is 1010. The van der Waals surface area contributed by atoms with Crippen LogP contribution in [0.5, 0.6) is 5.75 Å². The van der Waals surface area contributed by atoms with E-state index in [4.69, 9.17) is 10.5 Å². The summed E-state index contributed by atoms with van der Waals surface area (Å²) in [6.07, 6.45) is 0. The van der Waals surface area contributed by atoms with Gasteiger partial charge in [0.1, 0.15) is 16.8 Å². The summed E-state index contributed by atoms with van der Waals surface area (Å²) < 4.78 is 5.58. The number of para-hydroxylation sites is 2. The fourth-order valence-corrected chi connectivity index (χ4v) is 3.57. The van der Waals surface area contributed by atoms with Crippen LogP contribution in [0, 0.1) is 0 Å². The highest BCUT2D eigenvalue weighted by Gasteiger charge is 2.24. The van der Waals surface area contributed by atoms with Gasteiger partial charge in [0, 0.05) is 6.07 Å². The zero-order valence-corrected chi connectivity index (χ0v) is 16.0. The number of nitrogens with zero attached hydrogens (tertiary/aromatic N) is 1. The number of aromatic nitrogens is 2. The number of nitrogen functional groups attached to an aromatic ring is 1. The average molecular weight is 396 g/mol. The third-order valence-corrected chi connectivity index (χ3v) is 4.89. The summed E-state index contributed by atoms with van der Waals surface area (Å²) in [6.45, 7) is 2.36. The lowest BCUT2D eigenvalue weighted by Gasteiger charge is -2.18. The summed E-state index contributed by atoms with van der Waals surface area (Å²) >= 11 is 1.12. The fourth-order valence-electron chi connectivity index (χ4n) is 2.57. The maximum Gasteiger partial charge on any atom is 0.253 e. The average Bonchev–Trinajstić information content (AvgIpc) is 2.68. The predicted octanol–water partition coefficient (Wildman–Crippen LogP) is 3.22. The van der Waals surface area contributed by atoms with E-state index in [-0.39, 0.29) is 22.4 Å². The maximum atomic E-state index is 13.1. The summed E-state index contributed by atoms with van der Waals surface area (Å²) in [5.74, 6) is 0.416. The second-order valence-corrected chi connectivity index (χ2v) is 6.90. The predicted molar refractivity (Wildman–Crippen MR) is 111 cm³/mol. The van der Waals surface area contributed by atoms with Gasteiger partial charge < -0.3 is 20.8 Å². The van der Waals surface area contributed by atoms with Gasteiger partial charge in [-0.2, -0.15) is 0 Å². The van der Waals surface area contributed by atoms with E-state index in [0.29, 0.717) is 18.0 Å². The summed E-state index contributed by atoms with van der Waals surface area (Å²) in [7, 11) is 0. The van der Waals surface area contributed by atoms with Crippen LogP contribution in [0.3, 0.4) is 0 Å². The minimum atomic E-state index is -0.652. The molecular weight excluding hydrogens is 376 g/mol. The molecule has 0 aliphatic rings. The first-order valence-corrected chi connectivity index (χ1v) is 9.56. The number of H-pyrrole nitrogens is 1. The largest absolute Gasteiger partial charge is 0.492 e. The number of carbonyl (C=O) groups excluding carboxylic acids is 1. The standard InChI is InChI=1S/C20H20N4O3S/c1-2-27-15-11-7-6-10-14(15)22-19(26)18(13-8-4-3-5-9-13)28-20-23-16(21)12-17(25)24-20/h3-12,18H,2H2,1H3,(H,22,26)(H3,21,23,24,25)/t18-/m0/s1. The minimum Gasteiger partial charge on any atom is -0.492 e. The third kappa shape index (κ3) is 4.92. The van der Waals surface area contributed by atoms with E-state index >= 15 is 0 Å². The quantitative estimate of drug-likeness (QED) is 0.418. The van der Waals surface area contributed by atoms with E-state index in [0.717, 1.165) is 17.3 Å². The molecule has 3 rings (SSSR count). The van der Waals surface area contributed by atoms with E-state index in [9.17, 15) is 9.59 Å². The van der Waals surface area contributed by atoms with Crippen LogP contribution in [0.2, 0.25) is 0 Å². The number of hydrogen-bond acceptors (Lipinski definition) is 6. The Hall–Kier alpha value is -3.26. The molecule has 0 saturated carbocycles. The smallest absolute Gasteiger partial charge is 0.253 e. The van der Waals surface area contributed by atoms with Gasteiger partial charge in [-0.15, -0.1) is 0 Å². The number of anilines is 2. The Balaban J connectivity index is 1.91. The van der Waals surface area contributed by atoms with Crippen molar-refractivity contribution in [2.24, 2.45) is 0 Å². The molecule has 0 aliphatic carbocycles. The zero-order valence-electron chi connectivity index (χ0n) is 15.2. The number of thioether (sulfide) groups is 1. The molecule has 0 fully saturated rings. The van der Waals surface area contributed by atoms with E-state index in [1.54, 1.807) is 12.1 Å². The van der Waals surface area contributed by atoms with Crippen LogP contribution < -0.4 is 21.3 Å². The molecule has 0 saturated heterocycles. The molecule has 1 atom stereocenters. The molecule has 2 aromatic carbocycles. The molecule has 0 radical (unpaired) electrons. The van der Waals surface area contributed by atoms with E-state index < -0.39 is 5.25 Å². The first kappa shape index (κ1) is 19.5. The van der Waals surface area contributed by atoms with Crippen LogP contribution in [-0.4, -0.2) is 22.5 Å². The van der Waals surface area contributed by atoms with Crippen molar-refractivity contribution in [3.05, 3.63) is 76.6 Å². The van der Waals surface area contributed by atoms with Crippen LogP contribution in [0.25, 0.3) is 0 Å². The number of hydrogen-bond donors (Lipinski definition) is 3.